The predicted octanol–water partition coefficient (Wildman–Crippen LogP) is 2.05. The van der Waals surface area contributed by atoms with E-state index in [2.05, 4.69) is 5.32 Å². The van der Waals surface area contributed by atoms with Crippen molar-refractivity contribution in [2.45, 2.75) is 51.5 Å². The summed E-state index contributed by atoms with van der Waals surface area (Å²) in [5, 5.41) is 12.6. The minimum atomic E-state index is -0.800. The Balaban J connectivity index is 3.95. The van der Waals surface area contributed by atoms with E-state index < -0.39 is 11.5 Å². The highest BCUT2D eigenvalue weighted by Crippen LogP contribution is 2.18. The van der Waals surface area contributed by atoms with Crippen LogP contribution in [-0.4, -0.2) is 50.1 Å². The number of carbonyl (C=O) groups is 1. The lowest BCUT2D eigenvalue weighted by Crippen LogP contribution is -2.52. The molecule has 0 amide bonds. The van der Waals surface area contributed by atoms with Gasteiger partial charge in [0.05, 0.1) is 0 Å². The molecule has 114 valence electrons. The number of hydrogen-bond acceptors (Lipinski definition) is 4. The second-order valence-corrected chi connectivity index (χ2v) is 4.73. The monoisotopic (exact) mass is 275 g/mol. The summed E-state index contributed by atoms with van der Waals surface area (Å²) < 4.78 is 10.4. The molecular formula is C14H29NO4. The molecule has 0 aliphatic rings. The quantitative estimate of drug-likeness (QED) is 0.504. The molecule has 0 saturated carbocycles. The Labute approximate surface area is 116 Å². The number of nitrogens with one attached hydrogen (secondary N) is 1. The lowest BCUT2D eigenvalue weighted by Gasteiger charge is -2.29. The van der Waals surface area contributed by atoms with Gasteiger partial charge in [0, 0.05) is 26.9 Å². The second kappa shape index (κ2) is 11.2. The first-order chi connectivity index (χ1) is 9.13. The molecule has 0 aromatic heterocycles. The van der Waals surface area contributed by atoms with E-state index in [4.69, 9.17) is 9.47 Å². The summed E-state index contributed by atoms with van der Waals surface area (Å²) in [5.41, 5.74) is -0.800. The van der Waals surface area contributed by atoms with Gasteiger partial charge in [-0.1, -0.05) is 13.8 Å². The largest absolute Gasteiger partial charge is 0.480 e. The van der Waals surface area contributed by atoms with Crippen LogP contribution in [0.4, 0.5) is 0 Å². The summed E-state index contributed by atoms with van der Waals surface area (Å²) in [6.07, 6.45) is 3.75. The Morgan fingerprint density at radius 1 is 1.21 bits per heavy atom. The van der Waals surface area contributed by atoms with Crippen LogP contribution in [0.25, 0.3) is 0 Å². The highest BCUT2D eigenvalue weighted by Gasteiger charge is 2.35. The summed E-state index contributed by atoms with van der Waals surface area (Å²) in [4.78, 5) is 11.4. The van der Waals surface area contributed by atoms with Crippen molar-refractivity contribution in [3.63, 3.8) is 0 Å². The van der Waals surface area contributed by atoms with Crippen LogP contribution in [0.5, 0.6) is 0 Å². The zero-order valence-corrected chi connectivity index (χ0v) is 12.5. The van der Waals surface area contributed by atoms with Gasteiger partial charge >= 0.3 is 5.97 Å². The molecule has 1 unspecified atom stereocenters. The van der Waals surface area contributed by atoms with Crippen molar-refractivity contribution in [1.82, 2.24) is 5.32 Å². The third-order valence-electron chi connectivity index (χ3n) is 3.26. The number of rotatable bonds is 13. The van der Waals surface area contributed by atoms with E-state index >= 15 is 0 Å². The van der Waals surface area contributed by atoms with Gasteiger partial charge in [0.1, 0.15) is 5.54 Å². The van der Waals surface area contributed by atoms with Crippen molar-refractivity contribution >= 4 is 5.97 Å². The molecule has 0 spiro atoms. The average Bonchev–Trinajstić information content (AvgIpc) is 2.41. The van der Waals surface area contributed by atoms with E-state index in [9.17, 15) is 9.90 Å². The topological polar surface area (TPSA) is 67.8 Å². The molecule has 1 atom stereocenters. The molecular weight excluding hydrogens is 246 g/mol. The lowest BCUT2D eigenvalue weighted by molar-refractivity contribution is -0.145. The summed E-state index contributed by atoms with van der Waals surface area (Å²) in [5.74, 6) is -0.761. The zero-order valence-electron chi connectivity index (χ0n) is 12.5. The first-order valence-corrected chi connectivity index (χ1v) is 7.18. The maximum atomic E-state index is 11.4. The van der Waals surface area contributed by atoms with E-state index in [0.717, 1.165) is 25.8 Å². The van der Waals surface area contributed by atoms with E-state index in [1.807, 2.05) is 13.8 Å². The fourth-order valence-electron chi connectivity index (χ4n) is 1.97. The van der Waals surface area contributed by atoms with E-state index in [0.29, 0.717) is 32.7 Å². The van der Waals surface area contributed by atoms with E-state index in [1.165, 1.54) is 0 Å². The molecule has 0 heterocycles. The van der Waals surface area contributed by atoms with Crippen LogP contribution in [-0.2, 0) is 14.3 Å². The van der Waals surface area contributed by atoms with E-state index in [1.54, 1.807) is 7.11 Å². The number of carboxylic acids is 1. The molecule has 19 heavy (non-hydrogen) atoms. The van der Waals surface area contributed by atoms with Crippen LogP contribution >= 0.6 is 0 Å². The molecule has 0 saturated heterocycles. The average molecular weight is 275 g/mol. The third kappa shape index (κ3) is 7.50. The van der Waals surface area contributed by atoms with Gasteiger partial charge < -0.3 is 19.9 Å². The minimum absolute atomic E-state index is 0.589. The fraction of sp³-hybridized carbons (Fsp3) is 0.929. The van der Waals surface area contributed by atoms with Gasteiger partial charge in [0.2, 0.25) is 0 Å². The molecule has 0 bridgehead atoms. The van der Waals surface area contributed by atoms with Crippen LogP contribution in [0, 0.1) is 0 Å². The number of ether oxygens (including phenoxy) is 2. The number of aliphatic carboxylic acids is 1. The maximum Gasteiger partial charge on any atom is 0.323 e. The van der Waals surface area contributed by atoms with Crippen LogP contribution in [0.3, 0.4) is 0 Å². The van der Waals surface area contributed by atoms with Gasteiger partial charge in [0.25, 0.3) is 0 Å². The highest BCUT2D eigenvalue weighted by atomic mass is 16.5. The highest BCUT2D eigenvalue weighted by molar-refractivity contribution is 5.78. The van der Waals surface area contributed by atoms with Gasteiger partial charge in [-0.15, -0.1) is 0 Å². The summed E-state index contributed by atoms with van der Waals surface area (Å²) in [7, 11) is 1.67. The maximum absolute atomic E-state index is 11.4. The molecule has 0 aromatic carbocycles. The van der Waals surface area contributed by atoms with E-state index in [-0.39, 0.29) is 0 Å². The van der Waals surface area contributed by atoms with Crippen molar-refractivity contribution < 1.29 is 19.4 Å². The number of hydrogen-bond donors (Lipinski definition) is 2. The SMILES string of the molecule is CCCNC(CC)(CCCOCCCOC)C(=O)O. The predicted molar refractivity (Wildman–Crippen MR) is 75.5 cm³/mol. The summed E-state index contributed by atoms with van der Waals surface area (Å²) in [6, 6.07) is 0. The van der Waals surface area contributed by atoms with Gasteiger partial charge in [-0.25, -0.2) is 0 Å². The Morgan fingerprint density at radius 3 is 2.42 bits per heavy atom. The molecule has 5 heteroatoms. The van der Waals surface area contributed by atoms with Crippen molar-refractivity contribution in [3.05, 3.63) is 0 Å². The smallest absolute Gasteiger partial charge is 0.323 e. The molecule has 0 aliphatic heterocycles. The zero-order chi connectivity index (χ0) is 14.6. The molecule has 0 rings (SSSR count). The summed E-state index contributed by atoms with van der Waals surface area (Å²) in [6.45, 7) is 6.65. The van der Waals surface area contributed by atoms with Crippen molar-refractivity contribution in [2.24, 2.45) is 0 Å². The molecule has 0 aromatic rings. The molecule has 0 aliphatic carbocycles. The first kappa shape index (κ1) is 18.4. The van der Waals surface area contributed by atoms with Gasteiger partial charge in [-0.05, 0) is 38.6 Å². The first-order valence-electron chi connectivity index (χ1n) is 7.18. The standard InChI is InChI=1S/C14H29NO4/c1-4-9-15-14(5-2,13(16)17)8-6-11-19-12-7-10-18-3/h15H,4-12H2,1-3H3,(H,16,17). The Kier molecular flexibility index (Phi) is 10.8. The van der Waals surface area contributed by atoms with Crippen LogP contribution in [0.2, 0.25) is 0 Å². The molecule has 0 fully saturated rings. The summed E-state index contributed by atoms with van der Waals surface area (Å²) >= 11 is 0. The minimum Gasteiger partial charge on any atom is -0.480 e. The van der Waals surface area contributed by atoms with Crippen molar-refractivity contribution in [3.8, 4) is 0 Å². The van der Waals surface area contributed by atoms with Gasteiger partial charge in [-0.3, -0.25) is 4.79 Å². The second-order valence-electron chi connectivity index (χ2n) is 4.73. The molecule has 5 nitrogen and oxygen atoms in total. The fourth-order valence-corrected chi connectivity index (χ4v) is 1.97. The van der Waals surface area contributed by atoms with Crippen LogP contribution < -0.4 is 5.32 Å². The number of carboxylic acid groups (broad SMARTS) is 1. The Bertz CT molecular complexity index is 235. The number of methoxy groups -OCH3 is 1. The van der Waals surface area contributed by atoms with Crippen molar-refractivity contribution in [1.29, 1.82) is 0 Å². The van der Waals surface area contributed by atoms with Crippen LogP contribution in [0.15, 0.2) is 0 Å². The molecule has 0 radical (unpaired) electrons. The molecule has 2 N–H and O–H groups in total. The normalized spacial score (nSPS) is 14.3. The Hall–Kier alpha value is -0.650. The third-order valence-corrected chi connectivity index (χ3v) is 3.26. The van der Waals surface area contributed by atoms with Crippen LogP contribution in [0.1, 0.15) is 46.0 Å². The van der Waals surface area contributed by atoms with Gasteiger partial charge in [0.15, 0.2) is 0 Å². The lowest BCUT2D eigenvalue weighted by atomic mass is 9.90. The Morgan fingerprint density at radius 2 is 1.89 bits per heavy atom. The van der Waals surface area contributed by atoms with Crippen molar-refractivity contribution in [2.75, 3.05) is 33.5 Å². The van der Waals surface area contributed by atoms with Gasteiger partial charge in [-0.2, -0.15) is 0 Å².